The molecule has 7 aromatic rings. The summed E-state index contributed by atoms with van der Waals surface area (Å²) in [5.74, 6) is 0.589. The molecule has 5 aromatic carbocycles. The summed E-state index contributed by atoms with van der Waals surface area (Å²) in [6, 6.07) is 28.7. The minimum absolute atomic E-state index is 0.253. The summed E-state index contributed by atoms with van der Waals surface area (Å²) in [6.45, 7) is 3.88. The average molecular weight is 696 g/mol. The predicted molar refractivity (Wildman–Crippen MR) is 193 cm³/mol. The fraction of sp³-hybridized carbons (Fsp3) is 0.0556. The number of nitrogens with one attached hydrogen (secondary N) is 2. The second kappa shape index (κ2) is 12.8. The highest BCUT2D eigenvalue weighted by molar-refractivity contribution is 7.22. The third-order valence-corrected chi connectivity index (χ3v) is 10.1. The Balaban J connectivity index is 0.970. The van der Waals surface area contributed by atoms with Crippen LogP contribution in [0.15, 0.2) is 97.1 Å². The molecule has 7 rings (SSSR count). The summed E-state index contributed by atoms with van der Waals surface area (Å²) in [5, 5.41) is 8.47. The van der Waals surface area contributed by atoms with Crippen molar-refractivity contribution in [2.75, 3.05) is 10.6 Å². The molecule has 2 N–H and O–H groups in total. The van der Waals surface area contributed by atoms with E-state index in [0.717, 1.165) is 41.6 Å². The lowest BCUT2D eigenvalue weighted by atomic mass is 10.1. The number of rotatable bonds is 7. The van der Waals surface area contributed by atoms with E-state index >= 15 is 0 Å². The number of aromatic nitrogens is 2. The van der Waals surface area contributed by atoms with Crippen molar-refractivity contribution in [3.8, 4) is 22.1 Å². The molecule has 0 aliphatic rings. The van der Waals surface area contributed by atoms with Crippen molar-refractivity contribution < 1.29 is 14.3 Å². The third kappa shape index (κ3) is 6.70. The summed E-state index contributed by atoms with van der Waals surface area (Å²) < 4.78 is 8.10. The van der Waals surface area contributed by atoms with Crippen molar-refractivity contribution in [3.63, 3.8) is 0 Å². The van der Waals surface area contributed by atoms with Crippen molar-refractivity contribution in [2.45, 2.75) is 13.8 Å². The highest BCUT2D eigenvalue weighted by Crippen LogP contribution is 2.36. The van der Waals surface area contributed by atoms with Gasteiger partial charge >= 0.3 is 0 Å². The molecule has 47 heavy (non-hydrogen) atoms. The van der Waals surface area contributed by atoms with Gasteiger partial charge in [-0.2, -0.15) is 0 Å². The van der Waals surface area contributed by atoms with Crippen molar-refractivity contribution in [2.24, 2.45) is 0 Å². The maximum atomic E-state index is 13.1. The van der Waals surface area contributed by atoms with Crippen LogP contribution in [0.2, 0.25) is 10.0 Å². The number of carbonyl (C=O) groups is 2. The number of hydrogen-bond donors (Lipinski definition) is 2. The normalized spacial score (nSPS) is 11.1. The lowest BCUT2D eigenvalue weighted by molar-refractivity contribution is 0.101. The van der Waals surface area contributed by atoms with Gasteiger partial charge in [-0.1, -0.05) is 35.3 Å². The van der Waals surface area contributed by atoms with E-state index in [4.69, 9.17) is 32.9 Å². The maximum Gasteiger partial charge on any atom is 0.257 e. The summed E-state index contributed by atoms with van der Waals surface area (Å²) in [7, 11) is 0. The molecule has 11 heteroatoms. The van der Waals surface area contributed by atoms with E-state index in [1.165, 1.54) is 0 Å². The molecule has 0 saturated carbocycles. The first-order valence-electron chi connectivity index (χ1n) is 14.4. The van der Waals surface area contributed by atoms with Crippen molar-refractivity contribution in [3.05, 3.63) is 129 Å². The molecule has 0 aliphatic heterocycles. The van der Waals surface area contributed by atoms with E-state index in [2.05, 4.69) is 27.8 Å². The topological polar surface area (TPSA) is 93.2 Å². The summed E-state index contributed by atoms with van der Waals surface area (Å²) in [6.07, 6.45) is 0. The average Bonchev–Trinajstić information content (AvgIpc) is 3.64. The molecule has 0 unspecified atom stereocenters. The molecule has 0 saturated heterocycles. The van der Waals surface area contributed by atoms with Gasteiger partial charge in [-0.3, -0.25) is 9.59 Å². The van der Waals surface area contributed by atoms with Crippen LogP contribution in [-0.4, -0.2) is 21.8 Å². The second-order valence-electron chi connectivity index (χ2n) is 10.8. The van der Waals surface area contributed by atoms with Crippen LogP contribution < -0.4 is 15.4 Å². The van der Waals surface area contributed by atoms with Gasteiger partial charge in [0.2, 0.25) is 0 Å². The Bertz CT molecular complexity index is 2270. The van der Waals surface area contributed by atoms with E-state index < -0.39 is 0 Å². The monoisotopic (exact) mass is 694 g/mol. The molecule has 2 heterocycles. The number of nitrogens with zero attached hydrogens (tertiary/aromatic N) is 2. The Hall–Kier alpha value is -4.80. The number of anilines is 2. The van der Waals surface area contributed by atoms with Crippen molar-refractivity contribution >= 4 is 89.5 Å². The molecular formula is C36H24Cl2N4O3S2. The van der Waals surface area contributed by atoms with Gasteiger partial charge in [-0.15, -0.1) is 22.7 Å². The number of aryl methyl sites for hydroxylation is 2. The van der Waals surface area contributed by atoms with Crippen LogP contribution in [-0.2, 0) is 0 Å². The number of benzene rings is 5. The Kier molecular flexibility index (Phi) is 8.38. The van der Waals surface area contributed by atoms with Gasteiger partial charge in [0.25, 0.3) is 11.8 Å². The molecule has 7 nitrogen and oxygen atoms in total. The highest BCUT2D eigenvalue weighted by atomic mass is 35.5. The van der Waals surface area contributed by atoms with Crippen LogP contribution in [0.25, 0.3) is 31.0 Å². The zero-order chi connectivity index (χ0) is 32.7. The number of halogens is 2. The lowest BCUT2D eigenvalue weighted by Crippen LogP contribution is -2.12. The number of carbonyl (C=O) groups excluding carboxylic acids is 2. The van der Waals surface area contributed by atoms with Gasteiger partial charge in [0.15, 0.2) is 0 Å². The molecule has 2 amide bonds. The van der Waals surface area contributed by atoms with E-state index in [1.54, 1.807) is 95.5 Å². The number of fused-ring (bicyclic) bond motifs is 2. The van der Waals surface area contributed by atoms with Crippen molar-refractivity contribution in [1.82, 2.24) is 9.97 Å². The third-order valence-electron chi connectivity index (χ3n) is 7.36. The van der Waals surface area contributed by atoms with Crippen LogP contribution in [0.3, 0.4) is 0 Å². The zero-order valence-electron chi connectivity index (χ0n) is 24.9. The van der Waals surface area contributed by atoms with Gasteiger partial charge < -0.3 is 15.4 Å². The predicted octanol–water partition coefficient (Wildman–Crippen LogP) is 10.8. The summed E-state index contributed by atoms with van der Waals surface area (Å²) in [4.78, 5) is 35.0. The minimum Gasteiger partial charge on any atom is -0.457 e. The maximum absolute atomic E-state index is 13.1. The molecule has 0 radical (unpaired) electrons. The Labute approximate surface area is 287 Å². The van der Waals surface area contributed by atoms with Gasteiger partial charge in [0, 0.05) is 27.5 Å². The van der Waals surface area contributed by atoms with Gasteiger partial charge in [-0.05, 0) is 104 Å². The van der Waals surface area contributed by atoms with Gasteiger partial charge in [-0.25, -0.2) is 9.97 Å². The first-order valence-corrected chi connectivity index (χ1v) is 16.8. The lowest BCUT2D eigenvalue weighted by Gasteiger charge is -2.10. The largest absolute Gasteiger partial charge is 0.457 e. The molecule has 0 bridgehead atoms. The van der Waals surface area contributed by atoms with Crippen LogP contribution in [0.1, 0.15) is 31.3 Å². The second-order valence-corrected chi connectivity index (χ2v) is 13.8. The smallest absolute Gasteiger partial charge is 0.257 e. The van der Waals surface area contributed by atoms with E-state index in [0.29, 0.717) is 44.0 Å². The molecule has 0 aliphatic carbocycles. The number of amides is 2. The molecule has 0 fully saturated rings. The van der Waals surface area contributed by atoms with E-state index in [9.17, 15) is 9.59 Å². The zero-order valence-corrected chi connectivity index (χ0v) is 28.1. The quantitative estimate of drug-likeness (QED) is 0.173. The number of hydrogen-bond acceptors (Lipinski definition) is 7. The first-order chi connectivity index (χ1) is 22.7. The molecule has 0 spiro atoms. The standard InChI is InChI=1S/C36H24Cl2N4O3S2/c1-19-3-4-21(15-28(19)37)34(43)40-23-6-10-25(11-7-23)45-26-12-8-24(9-13-26)41-35(44)27-14-5-22(16-29(27)38)36-42-31-18-32-30(17-33(31)47-36)39-20(2)46-32/h3-18H,1-2H3,(H,40,43)(H,41,44). The van der Waals surface area contributed by atoms with E-state index in [-0.39, 0.29) is 11.8 Å². The summed E-state index contributed by atoms with van der Waals surface area (Å²) >= 11 is 15.9. The highest BCUT2D eigenvalue weighted by Gasteiger charge is 2.15. The molecule has 232 valence electrons. The molecule has 0 atom stereocenters. The van der Waals surface area contributed by atoms with E-state index in [1.807, 2.05) is 26.0 Å². The minimum atomic E-state index is -0.327. The van der Waals surface area contributed by atoms with Crippen LogP contribution >= 0.6 is 45.9 Å². The number of thiazole rings is 2. The molecule has 2 aromatic heterocycles. The first kappa shape index (κ1) is 30.8. The Morgan fingerprint density at radius 1 is 0.660 bits per heavy atom. The number of ether oxygens (including phenoxy) is 1. The van der Waals surface area contributed by atoms with Crippen molar-refractivity contribution in [1.29, 1.82) is 0 Å². The van der Waals surface area contributed by atoms with Crippen LogP contribution in [0.5, 0.6) is 11.5 Å². The fourth-order valence-corrected chi connectivity index (χ4v) is 7.17. The molecular weight excluding hydrogens is 671 g/mol. The van der Waals surface area contributed by atoms with Crippen LogP contribution in [0.4, 0.5) is 11.4 Å². The van der Waals surface area contributed by atoms with Crippen LogP contribution in [0, 0.1) is 13.8 Å². The Morgan fingerprint density at radius 3 is 1.91 bits per heavy atom. The van der Waals surface area contributed by atoms with Gasteiger partial charge in [0.05, 0.1) is 36.0 Å². The SMILES string of the molecule is Cc1nc2cc3sc(-c4ccc(C(=O)Nc5ccc(Oc6ccc(NC(=O)c7ccc(C)c(Cl)c7)cc6)cc5)c(Cl)c4)nc3cc2s1. The van der Waals surface area contributed by atoms with Gasteiger partial charge in [0.1, 0.15) is 16.5 Å². The Morgan fingerprint density at radius 2 is 1.28 bits per heavy atom. The summed E-state index contributed by atoms with van der Waals surface area (Å²) in [5.41, 5.74) is 5.68. The fourth-order valence-electron chi connectivity index (χ4n) is 4.90.